The second-order valence-corrected chi connectivity index (χ2v) is 15.4. The van der Waals surface area contributed by atoms with E-state index in [9.17, 15) is 14.4 Å². The monoisotopic (exact) mass is 795 g/mol. The van der Waals surface area contributed by atoms with Gasteiger partial charge in [-0.15, -0.1) is 0 Å². The maximum absolute atomic E-state index is 12.7. The number of ether oxygens (including phenoxy) is 3. The predicted octanol–water partition coefficient (Wildman–Crippen LogP) is 15.1. The molecule has 1 unspecified atom stereocenters. The lowest BCUT2D eigenvalue weighted by atomic mass is 10.1. The van der Waals surface area contributed by atoms with E-state index in [4.69, 9.17) is 14.2 Å². The van der Waals surface area contributed by atoms with Crippen LogP contribution >= 0.6 is 0 Å². The first-order chi connectivity index (χ1) is 28.0. The Morgan fingerprint density at radius 1 is 0.368 bits per heavy atom. The molecule has 0 N–H and O–H groups in total. The summed E-state index contributed by atoms with van der Waals surface area (Å²) in [4.78, 5) is 37.8. The molecule has 0 aromatic heterocycles. The molecule has 0 radical (unpaired) electrons. The Kier molecular flexibility index (Phi) is 43.0. The Morgan fingerprint density at radius 2 is 0.719 bits per heavy atom. The zero-order chi connectivity index (χ0) is 41.5. The zero-order valence-electron chi connectivity index (χ0n) is 37.1. The van der Waals surface area contributed by atoms with Gasteiger partial charge >= 0.3 is 17.9 Å². The normalized spacial score (nSPS) is 12.7. The molecule has 0 saturated heterocycles. The number of carbonyl (C=O) groups excluding carboxylic acids is 3. The van der Waals surface area contributed by atoms with E-state index in [2.05, 4.69) is 93.7 Å². The van der Waals surface area contributed by atoms with Crippen molar-refractivity contribution in [3.8, 4) is 0 Å². The smallest absolute Gasteiger partial charge is 0.306 e. The SMILES string of the molecule is CC\C=C/C=C\C=C/CCCCCCCC(=O)OC(COC(=O)CCCCCCC/C=C\CCCC)COC(=O)CCCCCCCC/C=C\C=C/CCCCC. The van der Waals surface area contributed by atoms with Crippen molar-refractivity contribution in [3.05, 3.63) is 72.9 Å². The Balaban J connectivity index is 4.44. The number of unbranched alkanes of at least 4 members (excludes halogenated alkanes) is 21. The van der Waals surface area contributed by atoms with Gasteiger partial charge < -0.3 is 14.2 Å². The molecule has 57 heavy (non-hydrogen) atoms. The summed E-state index contributed by atoms with van der Waals surface area (Å²) in [5.74, 6) is -0.939. The van der Waals surface area contributed by atoms with Crippen LogP contribution in [0.4, 0.5) is 0 Å². The minimum absolute atomic E-state index is 0.0930. The Bertz CT molecular complexity index is 1100. The van der Waals surface area contributed by atoms with Crippen molar-refractivity contribution in [3.63, 3.8) is 0 Å². The standard InChI is InChI=1S/C51H86O6/c1-4-7-10-13-16-19-22-24-25-27-29-32-35-38-41-44-50(53)56-47-48(46-55-49(52)43-40-37-34-31-28-21-18-15-12-9-6-3)57-51(54)45-42-39-36-33-30-26-23-20-17-14-11-8-5-2/h8,11,14-20,22-24,48H,4-7,9-10,12-13,21,25-47H2,1-3H3/b11-8-,17-14-,18-15-,19-16-,23-20-,24-22-. The summed E-state index contributed by atoms with van der Waals surface area (Å²) in [5, 5.41) is 0. The lowest BCUT2D eigenvalue weighted by Crippen LogP contribution is -2.30. The van der Waals surface area contributed by atoms with Crippen molar-refractivity contribution in [1.82, 2.24) is 0 Å². The van der Waals surface area contributed by atoms with Crippen LogP contribution < -0.4 is 0 Å². The molecular weight excluding hydrogens is 709 g/mol. The van der Waals surface area contributed by atoms with Crippen LogP contribution in [-0.4, -0.2) is 37.2 Å². The van der Waals surface area contributed by atoms with E-state index in [0.717, 1.165) is 96.3 Å². The van der Waals surface area contributed by atoms with E-state index in [1.807, 2.05) is 0 Å². The number of allylic oxidation sites excluding steroid dienone is 12. The minimum atomic E-state index is -0.792. The van der Waals surface area contributed by atoms with E-state index < -0.39 is 6.10 Å². The van der Waals surface area contributed by atoms with Gasteiger partial charge in [-0.1, -0.05) is 184 Å². The molecule has 0 fully saturated rings. The van der Waals surface area contributed by atoms with Crippen LogP contribution in [0.2, 0.25) is 0 Å². The lowest BCUT2D eigenvalue weighted by Gasteiger charge is -2.18. The fraction of sp³-hybridized carbons (Fsp3) is 0.706. The second-order valence-electron chi connectivity index (χ2n) is 15.4. The summed E-state index contributed by atoms with van der Waals surface area (Å²) < 4.78 is 16.7. The highest BCUT2D eigenvalue weighted by atomic mass is 16.6. The summed E-state index contributed by atoms with van der Waals surface area (Å²) in [5.41, 5.74) is 0. The maximum atomic E-state index is 12.7. The van der Waals surface area contributed by atoms with E-state index in [1.54, 1.807) is 0 Å². The van der Waals surface area contributed by atoms with Gasteiger partial charge in [0.1, 0.15) is 13.2 Å². The molecule has 326 valence electrons. The van der Waals surface area contributed by atoms with Crippen molar-refractivity contribution in [2.45, 2.75) is 219 Å². The van der Waals surface area contributed by atoms with Crippen LogP contribution in [0.1, 0.15) is 213 Å². The van der Waals surface area contributed by atoms with Crippen LogP contribution in [0.5, 0.6) is 0 Å². The fourth-order valence-electron chi connectivity index (χ4n) is 6.18. The molecule has 1 atom stereocenters. The lowest BCUT2D eigenvalue weighted by molar-refractivity contribution is -0.167. The van der Waals surface area contributed by atoms with Crippen LogP contribution in [0.3, 0.4) is 0 Å². The van der Waals surface area contributed by atoms with Crippen LogP contribution in [0.15, 0.2) is 72.9 Å². The molecule has 0 spiro atoms. The molecular formula is C51H86O6. The Morgan fingerprint density at radius 3 is 1.18 bits per heavy atom. The molecule has 0 rings (SSSR count). The van der Waals surface area contributed by atoms with E-state index in [0.29, 0.717) is 19.3 Å². The average Bonchev–Trinajstić information content (AvgIpc) is 3.21. The summed E-state index contributed by atoms with van der Waals surface area (Å²) >= 11 is 0. The van der Waals surface area contributed by atoms with E-state index >= 15 is 0 Å². The predicted molar refractivity (Wildman–Crippen MR) is 242 cm³/mol. The minimum Gasteiger partial charge on any atom is -0.462 e. The number of hydrogen-bond donors (Lipinski definition) is 0. The van der Waals surface area contributed by atoms with Gasteiger partial charge in [0.25, 0.3) is 0 Å². The average molecular weight is 795 g/mol. The molecule has 0 bridgehead atoms. The number of carbonyl (C=O) groups is 3. The van der Waals surface area contributed by atoms with Crippen molar-refractivity contribution in [2.24, 2.45) is 0 Å². The van der Waals surface area contributed by atoms with Crippen molar-refractivity contribution < 1.29 is 28.6 Å². The first kappa shape index (κ1) is 53.9. The topological polar surface area (TPSA) is 78.9 Å². The third-order valence-electron chi connectivity index (χ3n) is 9.75. The third kappa shape index (κ3) is 43.8. The summed E-state index contributed by atoms with van der Waals surface area (Å²) in [6.45, 7) is 6.38. The second kappa shape index (κ2) is 45.6. The Labute approximate surface area is 351 Å². The number of rotatable bonds is 41. The van der Waals surface area contributed by atoms with Gasteiger partial charge in [0.05, 0.1) is 0 Å². The molecule has 0 saturated carbocycles. The van der Waals surface area contributed by atoms with Crippen molar-refractivity contribution in [2.75, 3.05) is 13.2 Å². The molecule has 0 heterocycles. The summed E-state index contributed by atoms with van der Waals surface area (Å²) in [6.07, 6.45) is 55.9. The third-order valence-corrected chi connectivity index (χ3v) is 9.75. The van der Waals surface area contributed by atoms with Crippen molar-refractivity contribution >= 4 is 17.9 Å². The number of esters is 3. The quantitative estimate of drug-likeness (QED) is 0.0202. The summed E-state index contributed by atoms with van der Waals surface area (Å²) in [6, 6.07) is 0. The largest absolute Gasteiger partial charge is 0.462 e. The van der Waals surface area contributed by atoms with Crippen LogP contribution in [0, 0.1) is 0 Å². The van der Waals surface area contributed by atoms with E-state index in [1.165, 1.54) is 77.0 Å². The van der Waals surface area contributed by atoms with Crippen molar-refractivity contribution in [1.29, 1.82) is 0 Å². The van der Waals surface area contributed by atoms with E-state index in [-0.39, 0.29) is 31.1 Å². The number of hydrogen-bond acceptors (Lipinski definition) is 6. The molecule has 6 heteroatoms. The van der Waals surface area contributed by atoms with Gasteiger partial charge in [-0.25, -0.2) is 0 Å². The van der Waals surface area contributed by atoms with Crippen LogP contribution in [-0.2, 0) is 28.6 Å². The van der Waals surface area contributed by atoms with Gasteiger partial charge in [-0.3, -0.25) is 14.4 Å². The van der Waals surface area contributed by atoms with Gasteiger partial charge in [0.2, 0.25) is 0 Å². The first-order valence-corrected chi connectivity index (χ1v) is 23.5. The molecule has 0 aromatic carbocycles. The molecule has 6 nitrogen and oxygen atoms in total. The van der Waals surface area contributed by atoms with Crippen LogP contribution in [0.25, 0.3) is 0 Å². The molecule has 0 amide bonds. The summed E-state index contributed by atoms with van der Waals surface area (Å²) in [7, 11) is 0. The molecule has 0 aliphatic carbocycles. The highest BCUT2D eigenvalue weighted by Crippen LogP contribution is 2.13. The van der Waals surface area contributed by atoms with Gasteiger partial charge in [0, 0.05) is 19.3 Å². The molecule has 0 aliphatic heterocycles. The molecule has 0 aliphatic rings. The highest BCUT2D eigenvalue weighted by molar-refractivity contribution is 5.71. The first-order valence-electron chi connectivity index (χ1n) is 23.5. The fourth-order valence-corrected chi connectivity index (χ4v) is 6.18. The Hall–Kier alpha value is -3.15. The van der Waals surface area contributed by atoms with Gasteiger partial charge in [0.15, 0.2) is 6.10 Å². The maximum Gasteiger partial charge on any atom is 0.306 e. The van der Waals surface area contributed by atoms with Gasteiger partial charge in [-0.05, 0) is 83.5 Å². The van der Waals surface area contributed by atoms with Gasteiger partial charge in [-0.2, -0.15) is 0 Å². The molecule has 0 aromatic rings. The highest BCUT2D eigenvalue weighted by Gasteiger charge is 2.19. The zero-order valence-corrected chi connectivity index (χ0v) is 37.1.